The summed E-state index contributed by atoms with van der Waals surface area (Å²) in [5.74, 6) is -0.612. The zero-order valence-corrected chi connectivity index (χ0v) is 31.6. The van der Waals surface area contributed by atoms with E-state index in [1.165, 1.54) is 116 Å². The maximum atomic E-state index is 12.7. The average Bonchev–Trinajstić information content (AvgIpc) is 3.08. The van der Waals surface area contributed by atoms with Crippen molar-refractivity contribution in [1.29, 1.82) is 0 Å². The fourth-order valence-electron chi connectivity index (χ4n) is 5.87. The number of nitrogens with zero attached hydrogens (tertiary/aromatic N) is 1. The quantitative estimate of drug-likeness (QED) is 0.0246. The maximum Gasteiger partial charge on any atom is 0.309 e. The highest BCUT2D eigenvalue weighted by Gasteiger charge is 2.22. The highest BCUT2D eigenvalue weighted by Crippen LogP contribution is 2.21. The van der Waals surface area contributed by atoms with E-state index in [0.29, 0.717) is 18.4 Å². The first-order chi connectivity index (χ1) is 23.6. The number of aryl methyl sites for hydroxylation is 1. The summed E-state index contributed by atoms with van der Waals surface area (Å²) in [5, 5.41) is 0. The Morgan fingerprint density at radius 2 is 0.833 bits per heavy atom. The molecule has 0 aliphatic carbocycles. The van der Waals surface area contributed by atoms with Crippen molar-refractivity contribution in [3.05, 3.63) is 54.4 Å². The lowest BCUT2D eigenvalue weighted by molar-refractivity contribution is -0.671. The molecule has 0 aliphatic heterocycles. The van der Waals surface area contributed by atoms with Gasteiger partial charge in [-0.15, -0.1) is 0 Å². The molecule has 0 radical (unpaired) electrons. The molecule has 1 rings (SSSR count). The van der Waals surface area contributed by atoms with Gasteiger partial charge < -0.3 is 9.47 Å². The van der Waals surface area contributed by atoms with E-state index in [2.05, 4.69) is 38.2 Å². The third kappa shape index (κ3) is 27.5. The molecule has 1 aromatic rings. The molecular weight excluding hydrogens is 594 g/mol. The molecular formula is C43H74NO4+. The Morgan fingerprint density at radius 3 is 1.19 bits per heavy atom. The van der Waals surface area contributed by atoms with E-state index in [1.807, 2.05) is 36.1 Å². The molecule has 0 fully saturated rings. The predicted octanol–water partition coefficient (Wildman–Crippen LogP) is 12.7. The third-order valence-electron chi connectivity index (χ3n) is 9.04. The molecule has 0 bridgehead atoms. The lowest BCUT2D eigenvalue weighted by Crippen LogP contribution is -2.27. The molecule has 0 unspecified atom stereocenters. The summed E-state index contributed by atoms with van der Waals surface area (Å²) in [6.07, 6.45) is 44.5. The summed E-state index contributed by atoms with van der Waals surface area (Å²) in [5.41, 5.74) is 0.684. The molecule has 0 atom stereocenters. The van der Waals surface area contributed by atoms with Crippen LogP contribution in [0.5, 0.6) is 0 Å². The van der Waals surface area contributed by atoms with Crippen LogP contribution in [0.3, 0.4) is 0 Å². The number of carbonyl (C=O) groups is 2. The second-order valence-electron chi connectivity index (χ2n) is 13.8. The van der Waals surface area contributed by atoms with Crippen LogP contribution in [0.2, 0.25) is 0 Å². The number of ether oxygens (including phenoxy) is 2. The van der Waals surface area contributed by atoms with Gasteiger partial charge >= 0.3 is 11.9 Å². The first kappa shape index (κ1) is 43.6. The largest absolute Gasteiger partial charge is 0.421 e. The third-order valence-corrected chi connectivity index (χ3v) is 9.04. The van der Waals surface area contributed by atoms with E-state index in [9.17, 15) is 9.59 Å². The van der Waals surface area contributed by atoms with Gasteiger partial charge in [0.2, 0.25) is 0 Å². The van der Waals surface area contributed by atoms with E-state index in [4.69, 9.17) is 9.47 Å². The van der Waals surface area contributed by atoms with E-state index in [-0.39, 0.29) is 11.9 Å². The molecule has 1 heterocycles. The maximum absolute atomic E-state index is 12.7. The topological polar surface area (TPSA) is 56.5 Å². The molecule has 0 amide bonds. The van der Waals surface area contributed by atoms with Gasteiger partial charge in [0, 0.05) is 30.5 Å². The molecule has 1 aromatic heterocycles. The average molecular weight is 669 g/mol. The molecule has 48 heavy (non-hydrogen) atoms. The Bertz CT molecular complexity index is 885. The summed E-state index contributed by atoms with van der Waals surface area (Å²) in [4.78, 5) is 25.4. The standard InChI is InChI=1S/C43H74NO4/c1-4-6-8-10-12-14-16-18-20-22-24-26-28-30-32-34-41(45)47-43(40-36-38-44(3)39-37-40)48-42(46)35-33-31-29-27-25-23-21-19-17-15-13-11-9-7-5-2/h18-21,36-39,43H,4-17,22-35H2,1-3H3/q+1/b20-18+,21-19+. The fraction of sp³-hybridized carbons (Fsp3) is 0.744. The number of esters is 2. The molecule has 0 N–H and O–H groups in total. The van der Waals surface area contributed by atoms with Gasteiger partial charge in [0.15, 0.2) is 12.4 Å². The lowest BCUT2D eigenvalue weighted by Gasteiger charge is -2.18. The smallest absolute Gasteiger partial charge is 0.309 e. The van der Waals surface area contributed by atoms with Gasteiger partial charge in [0.25, 0.3) is 6.29 Å². The highest BCUT2D eigenvalue weighted by atomic mass is 16.7. The Hall–Kier alpha value is -2.43. The summed E-state index contributed by atoms with van der Waals surface area (Å²) in [7, 11) is 1.93. The zero-order chi connectivity index (χ0) is 34.8. The number of carbonyl (C=O) groups excluding carboxylic acids is 2. The number of unbranched alkanes of at least 4 members (excludes halogenated alkanes) is 22. The summed E-state index contributed by atoms with van der Waals surface area (Å²) < 4.78 is 13.3. The number of pyridine rings is 1. The Balaban J connectivity index is 2.18. The van der Waals surface area contributed by atoms with Crippen LogP contribution in [0.1, 0.15) is 205 Å². The number of aromatic nitrogens is 1. The van der Waals surface area contributed by atoms with Crippen LogP contribution in [0.25, 0.3) is 0 Å². The van der Waals surface area contributed by atoms with Crippen molar-refractivity contribution in [2.75, 3.05) is 0 Å². The summed E-state index contributed by atoms with van der Waals surface area (Å²) in [6, 6.07) is 3.69. The van der Waals surface area contributed by atoms with Crippen LogP contribution in [0.4, 0.5) is 0 Å². The van der Waals surface area contributed by atoms with Crippen molar-refractivity contribution in [3.63, 3.8) is 0 Å². The molecule has 5 nitrogen and oxygen atoms in total. The second-order valence-corrected chi connectivity index (χ2v) is 13.8. The number of hydrogen-bond acceptors (Lipinski definition) is 4. The molecule has 274 valence electrons. The van der Waals surface area contributed by atoms with Gasteiger partial charge in [-0.3, -0.25) is 9.59 Å². The van der Waals surface area contributed by atoms with Crippen LogP contribution in [0.15, 0.2) is 48.8 Å². The summed E-state index contributed by atoms with van der Waals surface area (Å²) in [6.45, 7) is 4.53. The monoisotopic (exact) mass is 669 g/mol. The Kier molecular flexibility index (Phi) is 30.0. The van der Waals surface area contributed by atoms with Crippen molar-refractivity contribution in [2.45, 2.75) is 200 Å². The van der Waals surface area contributed by atoms with E-state index in [0.717, 1.165) is 51.4 Å². The molecule has 0 saturated carbocycles. The van der Waals surface area contributed by atoms with Crippen molar-refractivity contribution in [1.82, 2.24) is 0 Å². The fourth-order valence-corrected chi connectivity index (χ4v) is 5.87. The predicted molar refractivity (Wildman–Crippen MR) is 201 cm³/mol. The molecule has 5 heteroatoms. The Labute approximate surface area is 296 Å². The number of allylic oxidation sites excluding steroid dienone is 4. The first-order valence-corrected chi connectivity index (χ1v) is 20.2. The van der Waals surface area contributed by atoms with Gasteiger partial charge in [-0.25, -0.2) is 4.57 Å². The van der Waals surface area contributed by atoms with E-state index in [1.54, 1.807) is 0 Å². The van der Waals surface area contributed by atoms with Gasteiger partial charge in [0.1, 0.15) is 7.05 Å². The SMILES string of the molecule is CCCCCCCC/C=C/CCCCCCCC(=O)OC(OC(=O)CCCCCCC/C=C/CCCCCCCC)c1cc[n+](C)cc1. The molecule has 0 aliphatic rings. The number of rotatable bonds is 33. The minimum Gasteiger partial charge on any atom is -0.421 e. The van der Waals surface area contributed by atoms with Crippen molar-refractivity contribution < 1.29 is 23.6 Å². The van der Waals surface area contributed by atoms with Gasteiger partial charge in [-0.2, -0.15) is 0 Å². The van der Waals surface area contributed by atoms with Crippen molar-refractivity contribution in [3.8, 4) is 0 Å². The van der Waals surface area contributed by atoms with Crippen LogP contribution in [0, 0.1) is 0 Å². The number of hydrogen-bond donors (Lipinski definition) is 0. The van der Waals surface area contributed by atoms with Gasteiger partial charge in [-0.05, 0) is 64.2 Å². The van der Waals surface area contributed by atoms with Crippen LogP contribution < -0.4 is 4.57 Å². The van der Waals surface area contributed by atoms with E-state index >= 15 is 0 Å². The van der Waals surface area contributed by atoms with Crippen molar-refractivity contribution in [2.24, 2.45) is 7.05 Å². The van der Waals surface area contributed by atoms with Gasteiger partial charge in [0.05, 0.1) is 0 Å². The first-order valence-electron chi connectivity index (χ1n) is 20.2. The lowest BCUT2D eigenvalue weighted by atomic mass is 10.1. The van der Waals surface area contributed by atoms with Crippen molar-refractivity contribution >= 4 is 11.9 Å². The highest BCUT2D eigenvalue weighted by molar-refractivity contribution is 5.71. The Morgan fingerprint density at radius 1 is 0.521 bits per heavy atom. The molecule has 0 aromatic carbocycles. The summed E-state index contributed by atoms with van der Waals surface area (Å²) >= 11 is 0. The van der Waals surface area contributed by atoms with Crippen LogP contribution in [-0.2, 0) is 26.1 Å². The minimum absolute atomic E-state index is 0.306. The van der Waals surface area contributed by atoms with Gasteiger partial charge in [-0.1, -0.05) is 141 Å². The zero-order valence-electron chi connectivity index (χ0n) is 31.6. The molecule has 0 saturated heterocycles. The van der Waals surface area contributed by atoms with E-state index < -0.39 is 6.29 Å². The van der Waals surface area contributed by atoms with Crippen LogP contribution in [-0.4, -0.2) is 11.9 Å². The normalized spacial score (nSPS) is 11.7. The minimum atomic E-state index is -0.988. The van der Waals surface area contributed by atoms with Crippen LogP contribution >= 0.6 is 0 Å². The second kappa shape index (κ2) is 33.1. The molecule has 0 spiro atoms.